The highest BCUT2D eigenvalue weighted by Gasteiger charge is 2.26. The number of carbonyl (C=O) groups excluding carboxylic acids is 2. The first-order chi connectivity index (χ1) is 16.5. The quantitative estimate of drug-likeness (QED) is 0.561. The van der Waals surface area contributed by atoms with E-state index in [0.717, 1.165) is 36.4 Å². The summed E-state index contributed by atoms with van der Waals surface area (Å²) in [5.74, 6) is -0.0498. The molecule has 0 bridgehead atoms. The van der Waals surface area contributed by atoms with E-state index in [-0.39, 0.29) is 11.8 Å². The minimum absolute atomic E-state index is 0.0837. The molecule has 0 atom stereocenters. The highest BCUT2D eigenvalue weighted by atomic mass is 16.2. The van der Waals surface area contributed by atoms with Crippen LogP contribution in [-0.2, 0) is 17.8 Å². The minimum atomic E-state index is -0.133. The summed E-state index contributed by atoms with van der Waals surface area (Å²) in [7, 11) is 1.79. The molecule has 0 aliphatic carbocycles. The van der Waals surface area contributed by atoms with E-state index in [1.54, 1.807) is 11.9 Å². The number of rotatable bonds is 5. The van der Waals surface area contributed by atoms with Crippen LogP contribution >= 0.6 is 0 Å². The third-order valence-electron chi connectivity index (χ3n) is 7.07. The van der Waals surface area contributed by atoms with Crippen LogP contribution in [0.15, 0.2) is 60.7 Å². The molecule has 0 spiro atoms. The van der Waals surface area contributed by atoms with Gasteiger partial charge in [-0.2, -0.15) is 0 Å². The predicted molar refractivity (Wildman–Crippen MR) is 137 cm³/mol. The predicted octanol–water partition coefficient (Wildman–Crippen LogP) is 5.42. The van der Waals surface area contributed by atoms with Gasteiger partial charge in [-0.05, 0) is 84.9 Å². The summed E-state index contributed by atoms with van der Waals surface area (Å²) < 4.78 is 0. The first kappa shape index (κ1) is 22.4. The van der Waals surface area contributed by atoms with Crippen molar-refractivity contribution in [2.75, 3.05) is 30.4 Å². The third kappa shape index (κ3) is 4.48. The Kier molecular flexibility index (Phi) is 6.20. The summed E-state index contributed by atoms with van der Waals surface area (Å²) in [4.78, 5) is 29.5. The van der Waals surface area contributed by atoms with Crippen LogP contribution in [0.25, 0.3) is 11.1 Å². The van der Waals surface area contributed by atoms with E-state index in [0.29, 0.717) is 17.7 Å². The molecule has 1 fully saturated rings. The van der Waals surface area contributed by atoms with Crippen LogP contribution in [0.3, 0.4) is 0 Å². The number of nitrogens with zero attached hydrogens (tertiary/aromatic N) is 2. The zero-order chi connectivity index (χ0) is 23.7. The first-order valence-corrected chi connectivity index (χ1v) is 12.1. The van der Waals surface area contributed by atoms with Crippen LogP contribution in [0.4, 0.5) is 11.4 Å². The molecule has 5 nitrogen and oxygen atoms in total. The monoisotopic (exact) mass is 453 g/mol. The topological polar surface area (TPSA) is 52.7 Å². The van der Waals surface area contributed by atoms with Crippen molar-refractivity contribution in [3.63, 3.8) is 0 Å². The van der Waals surface area contributed by atoms with Crippen LogP contribution in [-0.4, -0.2) is 36.9 Å². The number of likely N-dealkylation sites (tertiary alicyclic amines) is 1. The van der Waals surface area contributed by atoms with Crippen molar-refractivity contribution < 1.29 is 9.59 Å². The van der Waals surface area contributed by atoms with Gasteiger partial charge in [-0.15, -0.1) is 0 Å². The van der Waals surface area contributed by atoms with Crippen LogP contribution in [0.5, 0.6) is 0 Å². The number of fused-ring (bicyclic) bond motifs is 1. The number of piperidine rings is 1. The van der Waals surface area contributed by atoms with Gasteiger partial charge in [0.1, 0.15) is 0 Å². The minimum Gasteiger partial charge on any atom is -0.322 e. The fraction of sp³-hybridized carbons (Fsp3) is 0.310. The Hall–Kier alpha value is -3.44. The van der Waals surface area contributed by atoms with Gasteiger partial charge < -0.3 is 10.2 Å². The molecule has 2 aliphatic heterocycles. The standard InChI is InChI=1S/C29H31N3O2/c1-20-15-24(17-27-26(20)18-28(33)31(27)2)30-29(34)22-11-12-25(21-9-5-3-6-10-21)23(16-22)19-32-13-7-4-8-14-32/h3,5-6,9-12,15-17H,4,7-8,13-14,18-19H2,1-2H3,(H,30,34). The van der Waals surface area contributed by atoms with Gasteiger partial charge in [-0.3, -0.25) is 14.5 Å². The molecule has 2 heterocycles. The molecule has 3 aromatic carbocycles. The van der Waals surface area contributed by atoms with Crippen molar-refractivity contribution in [2.24, 2.45) is 0 Å². The van der Waals surface area contributed by atoms with Crippen LogP contribution in [0.2, 0.25) is 0 Å². The second-order valence-corrected chi connectivity index (χ2v) is 9.45. The zero-order valence-electron chi connectivity index (χ0n) is 19.9. The molecule has 5 rings (SSSR count). The van der Waals surface area contributed by atoms with Crippen molar-refractivity contribution in [3.8, 4) is 11.1 Å². The maximum absolute atomic E-state index is 13.3. The lowest BCUT2D eigenvalue weighted by molar-refractivity contribution is -0.117. The third-order valence-corrected chi connectivity index (χ3v) is 7.07. The summed E-state index contributed by atoms with van der Waals surface area (Å²) in [5, 5.41) is 3.06. The Labute approximate surface area is 201 Å². The molecule has 0 unspecified atom stereocenters. The fourth-order valence-electron chi connectivity index (χ4n) is 5.13. The Bertz CT molecular complexity index is 1230. The van der Waals surface area contributed by atoms with Crippen molar-refractivity contribution >= 4 is 23.2 Å². The lowest BCUT2D eigenvalue weighted by atomic mass is 9.96. The van der Waals surface area contributed by atoms with E-state index in [1.165, 1.54) is 36.0 Å². The molecule has 1 N–H and O–H groups in total. The van der Waals surface area contributed by atoms with E-state index >= 15 is 0 Å². The van der Waals surface area contributed by atoms with E-state index in [2.05, 4.69) is 40.5 Å². The lowest BCUT2D eigenvalue weighted by Crippen LogP contribution is -2.29. The van der Waals surface area contributed by atoms with Gasteiger partial charge in [0.05, 0.1) is 6.42 Å². The number of benzene rings is 3. The molecule has 174 valence electrons. The number of hydrogen-bond acceptors (Lipinski definition) is 3. The number of anilines is 2. The highest BCUT2D eigenvalue weighted by Crippen LogP contribution is 2.34. The normalized spacial score (nSPS) is 15.9. The summed E-state index contributed by atoms with van der Waals surface area (Å²) in [6.45, 7) is 5.04. The van der Waals surface area contributed by atoms with Gasteiger partial charge >= 0.3 is 0 Å². The number of aryl methyl sites for hydroxylation is 1. The van der Waals surface area contributed by atoms with Gasteiger partial charge in [0, 0.05) is 30.5 Å². The molecular formula is C29H31N3O2. The van der Waals surface area contributed by atoms with Crippen molar-refractivity contribution in [3.05, 3.63) is 82.9 Å². The van der Waals surface area contributed by atoms with Crippen molar-refractivity contribution in [1.29, 1.82) is 0 Å². The fourth-order valence-corrected chi connectivity index (χ4v) is 5.13. The lowest BCUT2D eigenvalue weighted by Gasteiger charge is -2.27. The Morgan fingerprint density at radius 3 is 2.50 bits per heavy atom. The Balaban J connectivity index is 1.43. The molecule has 1 saturated heterocycles. The number of likely N-dealkylation sites (N-methyl/N-ethyl adjacent to an activating group) is 1. The van der Waals surface area contributed by atoms with Gasteiger partial charge in [0.2, 0.25) is 5.91 Å². The van der Waals surface area contributed by atoms with Crippen LogP contribution in [0.1, 0.15) is 46.3 Å². The van der Waals surface area contributed by atoms with E-state index < -0.39 is 0 Å². The number of carbonyl (C=O) groups is 2. The van der Waals surface area contributed by atoms with Crippen molar-refractivity contribution in [2.45, 2.75) is 39.2 Å². The Morgan fingerprint density at radius 1 is 0.971 bits per heavy atom. The summed E-state index contributed by atoms with van der Waals surface area (Å²) in [5.41, 5.74) is 7.83. The molecule has 0 aromatic heterocycles. The average Bonchev–Trinajstić information content (AvgIpc) is 3.14. The number of amides is 2. The van der Waals surface area contributed by atoms with Gasteiger partial charge in [-0.1, -0.05) is 42.8 Å². The van der Waals surface area contributed by atoms with Gasteiger partial charge in [-0.25, -0.2) is 0 Å². The van der Waals surface area contributed by atoms with Gasteiger partial charge in [0.15, 0.2) is 0 Å². The maximum atomic E-state index is 13.3. The van der Waals surface area contributed by atoms with E-state index in [1.807, 2.05) is 37.3 Å². The molecule has 2 amide bonds. The second-order valence-electron chi connectivity index (χ2n) is 9.45. The SMILES string of the molecule is Cc1cc(NC(=O)c2ccc(-c3ccccc3)c(CN3CCCCC3)c2)cc2c1CC(=O)N2C. The largest absolute Gasteiger partial charge is 0.322 e. The molecule has 34 heavy (non-hydrogen) atoms. The van der Waals surface area contributed by atoms with Crippen molar-refractivity contribution in [1.82, 2.24) is 4.90 Å². The zero-order valence-corrected chi connectivity index (χ0v) is 19.9. The Morgan fingerprint density at radius 2 is 1.74 bits per heavy atom. The van der Waals surface area contributed by atoms with Crippen LogP contribution in [0, 0.1) is 6.92 Å². The molecule has 0 saturated carbocycles. The molecule has 0 radical (unpaired) electrons. The first-order valence-electron chi connectivity index (χ1n) is 12.1. The van der Waals surface area contributed by atoms with E-state index in [4.69, 9.17) is 0 Å². The summed E-state index contributed by atoms with van der Waals surface area (Å²) >= 11 is 0. The van der Waals surface area contributed by atoms with Gasteiger partial charge in [0.25, 0.3) is 5.91 Å². The molecular weight excluding hydrogens is 422 g/mol. The second kappa shape index (κ2) is 9.43. The smallest absolute Gasteiger partial charge is 0.255 e. The molecule has 3 aromatic rings. The number of nitrogens with one attached hydrogen (secondary N) is 1. The molecule has 5 heteroatoms. The van der Waals surface area contributed by atoms with Crippen LogP contribution < -0.4 is 10.2 Å². The number of hydrogen-bond donors (Lipinski definition) is 1. The maximum Gasteiger partial charge on any atom is 0.255 e. The summed E-state index contributed by atoms with van der Waals surface area (Å²) in [6, 6.07) is 20.3. The highest BCUT2D eigenvalue weighted by molar-refractivity contribution is 6.06. The summed E-state index contributed by atoms with van der Waals surface area (Å²) in [6.07, 6.45) is 4.18. The van der Waals surface area contributed by atoms with E-state index in [9.17, 15) is 9.59 Å². The molecule has 2 aliphatic rings. The average molecular weight is 454 g/mol.